The Morgan fingerprint density at radius 3 is 1.47 bits per heavy atom. The Morgan fingerprint density at radius 2 is 1.29 bits per heavy atom. The molecule has 0 aliphatic carbocycles. The van der Waals surface area contributed by atoms with Gasteiger partial charge in [-0.15, -0.1) is 0 Å². The summed E-state index contributed by atoms with van der Waals surface area (Å²) in [7, 11) is 0. The Morgan fingerprint density at radius 1 is 0.941 bits per heavy atom. The van der Waals surface area contributed by atoms with Crippen molar-refractivity contribution in [1.29, 1.82) is 0 Å². The summed E-state index contributed by atoms with van der Waals surface area (Å²) in [5, 5.41) is 35.2. The maximum absolute atomic E-state index is 11.0. The zero-order valence-corrected chi connectivity index (χ0v) is 8.91. The SMILES string of the molecule is CCCC(C(=O)O)(C(=O)O)C(C(=O)O)C(=O)O. The molecule has 0 aromatic heterocycles. The summed E-state index contributed by atoms with van der Waals surface area (Å²) < 4.78 is 0. The van der Waals surface area contributed by atoms with Gasteiger partial charge >= 0.3 is 23.9 Å². The standard InChI is InChI=1S/C9H12O8/c1-2-3-9(7(14)15,8(16)17)4(5(10)11)6(12)13/h4H,2-3H2,1H3,(H,10,11)(H,12,13)(H,14,15)(H,16,17). The Hall–Kier alpha value is -2.12. The fourth-order valence-electron chi connectivity index (χ4n) is 1.62. The molecule has 0 amide bonds. The molecule has 0 bridgehead atoms. The third kappa shape index (κ3) is 2.52. The molecule has 0 unspecified atom stereocenters. The highest BCUT2D eigenvalue weighted by Gasteiger charge is 2.59. The van der Waals surface area contributed by atoms with Crippen molar-refractivity contribution in [2.24, 2.45) is 11.3 Å². The van der Waals surface area contributed by atoms with E-state index in [1.165, 1.54) is 6.92 Å². The molecule has 0 spiro atoms. The van der Waals surface area contributed by atoms with Crippen LogP contribution < -0.4 is 0 Å². The van der Waals surface area contributed by atoms with Crippen LogP contribution in [0.15, 0.2) is 0 Å². The van der Waals surface area contributed by atoms with E-state index in [1.54, 1.807) is 0 Å². The molecule has 0 saturated heterocycles. The van der Waals surface area contributed by atoms with E-state index in [4.69, 9.17) is 20.4 Å². The minimum atomic E-state index is -2.85. The summed E-state index contributed by atoms with van der Waals surface area (Å²) in [6.45, 7) is 1.43. The van der Waals surface area contributed by atoms with Crippen molar-refractivity contribution in [3.8, 4) is 0 Å². The highest BCUT2D eigenvalue weighted by atomic mass is 16.4. The number of carbonyl (C=O) groups is 4. The summed E-state index contributed by atoms with van der Waals surface area (Å²) in [5.41, 5.74) is -2.85. The Bertz CT molecular complexity index is 330. The summed E-state index contributed by atoms with van der Waals surface area (Å²) >= 11 is 0. The maximum atomic E-state index is 11.0. The molecule has 0 rings (SSSR count). The largest absolute Gasteiger partial charge is 0.481 e. The lowest BCUT2D eigenvalue weighted by Crippen LogP contribution is -2.52. The quantitative estimate of drug-likeness (QED) is 0.449. The molecule has 0 atom stereocenters. The second-order valence-electron chi connectivity index (χ2n) is 3.44. The number of rotatable bonds is 7. The molecule has 0 radical (unpaired) electrons. The smallest absolute Gasteiger partial charge is 0.322 e. The molecule has 17 heavy (non-hydrogen) atoms. The van der Waals surface area contributed by atoms with Crippen molar-refractivity contribution in [3.05, 3.63) is 0 Å². The molecule has 0 aromatic carbocycles. The number of carboxylic acids is 4. The molecule has 0 aromatic rings. The van der Waals surface area contributed by atoms with Crippen molar-refractivity contribution in [3.63, 3.8) is 0 Å². The number of hydrogen-bond donors (Lipinski definition) is 4. The monoisotopic (exact) mass is 248 g/mol. The third-order valence-corrected chi connectivity index (χ3v) is 2.39. The summed E-state index contributed by atoms with van der Waals surface area (Å²) in [6.07, 6.45) is -0.559. The van der Waals surface area contributed by atoms with Crippen molar-refractivity contribution in [1.82, 2.24) is 0 Å². The molecular formula is C9H12O8. The van der Waals surface area contributed by atoms with Gasteiger partial charge in [0.1, 0.15) is 0 Å². The van der Waals surface area contributed by atoms with E-state index in [2.05, 4.69) is 0 Å². The van der Waals surface area contributed by atoms with Gasteiger partial charge in [-0.2, -0.15) is 0 Å². The highest BCUT2D eigenvalue weighted by Crippen LogP contribution is 2.35. The molecule has 0 fully saturated rings. The van der Waals surface area contributed by atoms with Gasteiger partial charge in [0, 0.05) is 0 Å². The Kier molecular flexibility index (Phi) is 4.62. The molecular weight excluding hydrogens is 236 g/mol. The van der Waals surface area contributed by atoms with Gasteiger partial charge in [-0.1, -0.05) is 13.3 Å². The molecule has 8 nitrogen and oxygen atoms in total. The summed E-state index contributed by atoms with van der Waals surface area (Å²) in [6, 6.07) is 0. The number of hydrogen-bond acceptors (Lipinski definition) is 4. The first-order chi connectivity index (χ1) is 7.71. The minimum absolute atomic E-state index is 0.0235. The molecule has 96 valence electrons. The first-order valence-electron chi connectivity index (χ1n) is 4.64. The lowest BCUT2D eigenvalue weighted by molar-refractivity contribution is -0.183. The minimum Gasteiger partial charge on any atom is -0.481 e. The fraction of sp³-hybridized carbons (Fsp3) is 0.556. The van der Waals surface area contributed by atoms with Crippen LogP contribution in [0, 0.1) is 11.3 Å². The predicted molar refractivity (Wildman–Crippen MR) is 51.4 cm³/mol. The first-order valence-corrected chi connectivity index (χ1v) is 4.64. The van der Waals surface area contributed by atoms with E-state index in [9.17, 15) is 19.2 Å². The topological polar surface area (TPSA) is 149 Å². The highest BCUT2D eigenvalue weighted by molar-refractivity contribution is 6.09. The van der Waals surface area contributed by atoms with Crippen LogP contribution in [-0.4, -0.2) is 44.3 Å². The number of aliphatic carboxylic acids is 4. The van der Waals surface area contributed by atoms with Gasteiger partial charge in [0.25, 0.3) is 0 Å². The molecule has 0 heterocycles. The first kappa shape index (κ1) is 14.9. The van der Waals surface area contributed by atoms with Gasteiger partial charge in [0.2, 0.25) is 0 Å². The second-order valence-corrected chi connectivity index (χ2v) is 3.44. The average Bonchev–Trinajstić information content (AvgIpc) is 2.14. The molecule has 8 heteroatoms. The van der Waals surface area contributed by atoms with Crippen LogP contribution in [0.3, 0.4) is 0 Å². The third-order valence-electron chi connectivity index (χ3n) is 2.39. The maximum Gasteiger partial charge on any atom is 0.322 e. The van der Waals surface area contributed by atoms with Gasteiger partial charge in [0.15, 0.2) is 11.3 Å². The van der Waals surface area contributed by atoms with Crippen LogP contribution >= 0.6 is 0 Å². The van der Waals surface area contributed by atoms with Crippen LogP contribution in [0.5, 0.6) is 0 Å². The summed E-state index contributed by atoms with van der Waals surface area (Å²) in [5.74, 6) is -10.5. The van der Waals surface area contributed by atoms with E-state index < -0.39 is 41.6 Å². The Balaban J connectivity index is 5.86. The van der Waals surface area contributed by atoms with Gasteiger partial charge in [0.05, 0.1) is 0 Å². The van der Waals surface area contributed by atoms with Crippen molar-refractivity contribution >= 4 is 23.9 Å². The van der Waals surface area contributed by atoms with Crippen LogP contribution in [0.25, 0.3) is 0 Å². The van der Waals surface area contributed by atoms with Gasteiger partial charge < -0.3 is 20.4 Å². The van der Waals surface area contributed by atoms with Crippen molar-refractivity contribution in [2.45, 2.75) is 19.8 Å². The Labute approximate surface area is 95.5 Å². The zero-order chi connectivity index (χ0) is 13.8. The van der Waals surface area contributed by atoms with E-state index in [1.807, 2.05) is 0 Å². The van der Waals surface area contributed by atoms with Crippen molar-refractivity contribution in [2.75, 3.05) is 0 Å². The van der Waals surface area contributed by atoms with Crippen LogP contribution in [-0.2, 0) is 19.2 Å². The fourth-order valence-corrected chi connectivity index (χ4v) is 1.62. The van der Waals surface area contributed by atoms with Gasteiger partial charge in [-0.05, 0) is 6.42 Å². The van der Waals surface area contributed by atoms with E-state index in [0.717, 1.165) is 0 Å². The lowest BCUT2D eigenvalue weighted by Gasteiger charge is -2.27. The van der Waals surface area contributed by atoms with Crippen LogP contribution in [0.4, 0.5) is 0 Å². The van der Waals surface area contributed by atoms with Crippen LogP contribution in [0.2, 0.25) is 0 Å². The predicted octanol–water partition coefficient (Wildman–Crippen LogP) is -0.273. The molecule has 0 aliphatic rings. The summed E-state index contributed by atoms with van der Waals surface area (Å²) in [4.78, 5) is 43.5. The normalized spacial score (nSPS) is 11.2. The molecule has 0 aliphatic heterocycles. The molecule has 0 saturated carbocycles. The van der Waals surface area contributed by atoms with E-state index in [-0.39, 0.29) is 6.42 Å². The van der Waals surface area contributed by atoms with Crippen LogP contribution in [0.1, 0.15) is 19.8 Å². The average molecular weight is 248 g/mol. The zero-order valence-electron chi connectivity index (χ0n) is 8.91. The van der Waals surface area contributed by atoms with Gasteiger partial charge in [-0.25, -0.2) is 0 Å². The molecule has 4 N–H and O–H groups in total. The van der Waals surface area contributed by atoms with E-state index in [0.29, 0.717) is 0 Å². The van der Waals surface area contributed by atoms with Gasteiger partial charge in [-0.3, -0.25) is 19.2 Å². The van der Waals surface area contributed by atoms with Crippen molar-refractivity contribution < 1.29 is 39.6 Å². The number of carboxylic acid groups (broad SMARTS) is 4. The second kappa shape index (κ2) is 5.28. The van der Waals surface area contributed by atoms with E-state index >= 15 is 0 Å². The lowest BCUT2D eigenvalue weighted by atomic mass is 9.72.